The maximum Gasteiger partial charge on any atom is 0.257 e. The fourth-order valence-electron chi connectivity index (χ4n) is 1.80. The third-order valence-corrected chi connectivity index (χ3v) is 3.14. The molecule has 5 nitrogen and oxygen atoms in total. The molecule has 0 unspecified atom stereocenters. The summed E-state index contributed by atoms with van der Waals surface area (Å²) in [5.41, 5.74) is 0.851. The SMILES string of the molecule is CC[C@@H](C)n1ccc(NCc2cnn(CC(F)F)c2)n1. The molecule has 7 heteroatoms. The van der Waals surface area contributed by atoms with E-state index in [1.54, 1.807) is 12.4 Å². The third kappa shape index (κ3) is 3.79. The van der Waals surface area contributed by atoms with Gasteiger partial charge in [0.1, 0.15) is 12.4 Å². The molecule has 0 aliphatic rings. The number of halogens is 2. The summed E-state index contributed by atoms with van der Waals surface area (Å²) in [7, 11) is 0. The highest BCUT2D eigenvalue weighted by molar-refractivity contribution is 5.33. The maximum atomic E-state index is 12.2. The second-order valence-electron chi connectivity index (χ2n) is 4.75. The fourth-order valence-corrected chi connectivity index (χ4v) is 1.80. The van der Waals surface area contributed by atoms with Crippen LogP contribution in [-0.4, -0.2) is 26.0 Å². The minimum atomic E-state index is -2.39. The van der Waals surface area contributed by atoms with Gasteiger partial charge in [0.15, 0.2) is 0 Å². The number of aromatic nitrogens is 4. The molecular formula is C13H19F2N5. The highest BCUT2D eigenvalue weighted by Crippen LogP contribution is 2.12. The molecule has 20 heavy (non-hydrogen) atoms. The van der Waals surface area contributed by atoms with Gasteiger partial charge in [-0.2, -0.15) is 10.2 Å². The number of hydrogen-bond acceptors (Lipinski definition) is 3. The van der Waals surface area contributed by atoms with Gasteiger partial charge in [-0.1, -0.05) is 6.92 Å². The molecule has 2 rings (SSSR count). The summed E-state index contributed by atoms with van der Waals surface area (Å²) < 4.78 is 27.6. The Kier molecular flexibility index (Phi) is 4.70. The predicted octanol–water partition coefficient (Wildman–Crippen LogP) is 2.93. The van der Waals surface area contributed by atoms with Crippen molar-refractivity contribution in [2.75, 3.05) is 5.32 Å². The molecule has 0 aromatic carbocycles. The van der Waals surface area contributed by atoms with Gasteiger partial charge in [0.05, 0.1) is 6.20 Å². The summed E-state index contributed by atoms with van der Waals surface area (Å²) in [6.07, 6.45) is 3.76. The molecule has 0 aliphatic carbocycles. The minimum absolute atomic E-state index is 0.361. The monoisotopic (exact) mass is 283 g/mol. The van der Waals surface area contributed by atoms with Crippen LogP contribution in [0.4, 0.5) is 14.6 Å². The van der Waals surface area contributed by atoms with Crippen LogP contribution in [0.1, 0.15) is 31.9 Å². The van der Waals surface area contributed by atoms with E-state index in [-0.39, 0.29) is 6.54 Å². The van der Waals surface area contributed by atoms with E-state index in [4.69, 9.17) is 0 Å². The van der Waals surface area contributed by atoms with Crippen LogP contribution in [0.15, 0.2) is 24.7 Å². The average molecular weight is 283 g/mol. The van der Waals surface area contributed by atoms with Crippen LogP contribution >= 0.6 is 0 Å². The Morgan fingerprint density at radius 3 is 2.90 bits per heavy atom. The van der Waals surface area contributed by atoms with E-state index in [0.717, 1.165) is 17.8 Å². The normalized spacial score (nSPS) is 12.8. The van der Waals surface area contributed by atoms with Crippen molar-refractivity contribution in [3.05, 3.63) is 30.2 Å². The van der Waals surface area contributed by atoms with Crippen molar-refractivity contribution in [3.8, 4) is 0 Å². The zero-order valence-electron chi connectivity index (χ0n) is 11.6. The molecule has 2 heterocycles. The summed E-state index contributed by atoms with van der Waals surface area (Å²) in [4.78, 5) is 0. The van der Waals surface area contributed by atoms with E-state index in [0.29, 0.717) is 12.6 Å². The van der Waals surface area contributed by atoms with Gasteiger partial charge in [0.2, 0.25) is 0 Å². The Bertz CT molecular complexity index is 534. The van der Waals surface area contributed by atoms with E-state index < -0.39 is 6.43 Å². The highest BCUT2D eigenvalue weighted by Gasteiger charge is 2.07. The van der Waals surface area contributed by atoms with Crippen molar-refractivity contribution >= 4 is 5.82 Å². The fraction of sp³-hybridized carbons (Fsp3) is 0.538. The van der Waals surface area contributed by atoms with Gasteiger partial charge in [-0.25, -0.2) is 8.78 Å². The average Bonchev–Trinajstić information content (AvgIpc) is 3.04. The molecular weight excluding hydrogens is 264 g/mol. The number of nitrogens with one attached hydrogen (secondary N) is 1. The van der Waals surface area contributed by atoms with Crippen LogP contribution in [0.3, 0.4) is 0 Å². The number of nitrogens with zero attached hydrogens (tertiary/aromatic N) is 4. The minimum Gasteiger partial charge on any atom is -0.364 e. The van der Waals surface area contributed by atoms with Crippen molar-refractivity contribution in [1.82, 2.24) is 19.6 Å². The molecule has 1 atom stereocenters. The van der Waals surface area contributed by atoms with Crippen molar-refractivity contribution in [1.29, 1.82) is 0 Å². The summed E-state index contributed by atoms with van der Waals surface area (Å²) in [6.45, 7) is 4.35. The first-order valence-electron chi connectivity index (χ1n) is 6.67. The number of hydrogen-bond donors (Lipinski definition) is 1. The second-order valence-corrected chi connectivity index (χ2v) is 4.75. The molecule has 0 spiro atoms. The van der Waals surface area contributed by atoms with Gasteiger partial charge in [-0.05, 0) is 13.3 Å². The van der Waals surface area contributed by atoms with E-state index in [1.807, 2.05) is 16.9 Å². The largest absolute Gasteiger partial charge is 0.364 e. The zero-order valence-corrected chi connectivity index (χ0v) is 11.6. The number of rotatable bonds is 7. The molecule has 2 aromatic heterocycles. The Labute approximate surface area is 116 Å². The van der Waals surface area contributed by atoms with Crippen LogP contribution in [0.5, 0.6) is 0 Å². The molecule has 0 bridgehead atoms. The molecule has 110 valence electrons. The summed E-state index contributed by atoms with van der Waals surface area (Å²) in [5.74, 6) is 0.770. The van der Waals surface area contributed by atoms with E-state index >= 15 is 0 Å². The van der Waals surface area contributed by atoms with Gasteiger partial charge in [-0.15, -0.1) is 0 Å². The third-order valence-electron chi connectivity index (χ3n) is 3.14. The lowest BCUT2D eigenvalue weighted by Gasteiger charge is -2.08. The van der Waals surface area contributed by atoms with E-state index in [1.165, 1.54) is 4.68 Å². The van der Waals surface area contributed by atoms with Crippen molar-refractivity contribution in [3.63, 3.8) is 0 Å². The number of anilines is 1. The maximum absolute atomic E-state index is 12.2. The Morgan fingerprint density at radius 1 is 1.40 bits per heavy atom. The Hall–Kier alpha value is -1.92. The summed E-state index contributed by atoms with van der Waals surface area (Å²) >= 11 is 0. The van der Waals surface area contributed by atoms with Crippen LogP contribution < -0.4 is 5.32 Å². The summed E-state index contributed by atoms with van der Waals surface area (Å²) in [5, 5.41) is 11.5. The first-order valence-corrected chi connectivity index (χ1v) is 6.67. The lowest BCUT2D eigenvalue weighted by atomic mass is 10.3. The smallest absolute Gasteiger partial charge is 0.257 e. The van der Waals surface area contributed by atoms with Gasteiger partial charge < -0.3 is 5.32 Å². The van der Waals surface area contributed by atoms with Gasteiger partial charge in [0, 0.05) is 36.6 Å². The van der Waals surface area contributed by atoms with Gasteiger partial charge >= 0.3 is 0 Å². The quantitative estimate of drug-likeness (QED) is 0.850. The molecule has 2 aromatic rings. The topological polar surface area (TPSA) is 47.7 Å². The lowest BCUT2D eigenvalue weighted by Crippen LogP contribution is -2.07. The van der Waals surface area contributed by atoms with Crippen LogP contribution in [-0.2, 0) is 13.1 Å². The lowest BCUT2D eigenvalue weighted by molar-refractivity contribution is 0.122. The Balaban J connectivity index is 1.88. The molecule has 0 radical (unpaired) electrons. The van der Waals surface area contributed by atoms with Gasteiger partial charge in [-0.3, -0.25) is 9.36 Å². The molecule has 0 fully saturated rings. The van der Waals surface area contributed by atoms with Crippen LogP contribution in [0.25, 0.3) is 0 Å². The van der Waals surface area contributed by atoms with Crippen molar-refractivity contribution in [2.24, 2.45) is 0 Å². The van der Waals surface area contributed by atoms with Gasteiger partial charge in [0.25, 0.3) is 6.43 Å². The molecule has 0 amide bonds. The number of alkyl halides is 2. The molecule has 0 saturated carbocycles. The van der Waals surface area contributed by atoms with Crippen LogP contribution in [0.2, 0.25) is 0 Å². The molecule has 1 N–H and O–H groups in total. The molecule has 0 saturated heterocycles. The van der Waals surface area contributed by atoms with E-state index in [9.17, 15) is 8.78 Å². The second kappa shape index (κ2) is 6.49. The first kappa shape index (κ1) is 14.5. The van der Waals surface area contributed by atoms with Crippen LogP contribution in [0, 0.1) is 0 Å². The zero-order chi connectivity index (χ0) is 14.5. The standard InChI is InChI=1S/C13H19F2N5/c1-3-10(2)20-5-4-13(18-20)16-6-11-7-17-19(8-11)9-12(14)15/h4-5,7-8,10,12H,3,6,9H2,1-2H3,(H,16,18)/t10-/m1/s1. The molecule has 0 aliphatic heterocycles. The first-order chi connectivity index (χ1) is 9.58. The van der Waals surface area contributed by atoms with Crippen molar-refractivity contribution in [2.45, 2.75) is 45.8 Å². The van der Waals surface area contributed by atoms with E-state index in [2.05, 4.69) is 29.4 Å². The Morgan fingerprint density at radius 2 is 2.20 bits per heavy atom. The predicted molar refractivity (Wildman–Crippen MR) is 72.8 cm³/mol. The highest BCUT2D eigenvalue weighted by atomic mass is 19.3. The van der Waals surface area contributed by atoms with Crippen molar-refractivity contribution < 1.29 is 8.78 Å². The summed E-state index contributed by atoms with van der Waals surface area (Å²) in [6, 6.07) is 2.26.